The van der Waals surface area contributed by atoms with Crippen LogP contribution < -0.4 is 5.32 Å². The number of hydrogen-bond acceptors (Lipinski definition) is 3. The molecule has 1 saturated carbocycles. The van der Waals surface area contributed by atoms with Gasteiger partial charge in [-0.3, -0.25) is 0 Å². The second-order valence-corrected chi connectivity index (χ2v) is 6.53. The van der Waals surface area contributed by atoms with Crippen LogP contribution in [0.25, 0.3) is 0 Å². The molecular weight excluding hydrogens is 260 g/mol. The molecule has 0 spiro atoms. The summed E-state index contributed by atoms with van der Waals surface area (Å²) < 4.78 is 5.72. The van der Waals surface area contributed by atoms with Crippen LogP contribution in [0.5, 0.6) is 0 Å². The highest BCUT2D eigenvalue weighted by atomic mass is 16.5. The largest absolute Gasteiger partial charge is 0.377 e. The molecule has 1 aliphatic carbocycles. The number of nitrogens with zero attached hydrogens (tertiary/aromatic N) is 1. The Kier molecular flexibility index (Phi) is 6.68. The van der Waals surface area contributed by atoms with Gasteiger partial charge in [-0.25, -0.2) is 0 Å². The predicted octanol–water partition coefficient (Wildman–Crippen LogP) is 3.01. The predicted molar refractivity (Wildman–Crippen MR) is 88.7 cm³/mol. The highest BCUT2D eigenvalue weighted by Gasteiger charge is 2.21. The molecule has 0 saturated heterocycles. The first-order valence-corrected chi connectivity index (χ1v) is 8.20. The zero-order valence-corrected chi connectivity index (χ0v) is 13.8. The third-order valence-corrected chi connectivity index (χ3v) is 4.00. The van der Waals surface area contributed by atoms with Gasteiger partial charge in [0, 0.05) is 19.2 Å². The van der Waals surface area contributed by atoms with Gasteiger partial charge >= 0.3 is 0 Å². The summed E-state index contributed by atoms with van der Waals surface area (Å²) in [5.41, 5.74) is 2.69. The van der Waals surface area contributed by atoms with E-state index < -0.39 is 0 Å². The van der Waals surface area contributed by atoms with Gasteiger partial charge in [-0.15, -0.1) is 0 Å². The number of ether oxygens (including phenoxy) is 1. The van der Waals surface area contributed by atoms with Crippen LogP contribution in [0.15, 0.2) is 24.3 Å². The summed E-state index contributed by atoms with van der Waals surface area (Å²) in [5, 5.41) is 3.60. The molecule has 0 heterocycles. The minimum atomic E-state index is 0.584. The molecule has 3 nitrogen and oxygen atoms in total. The van der Waals surface area contributed by atoms with Crippen LogP contribution >= 0.6 is 0 Å². The Morgan fingerprint density at radius 3 is 2.57 bits per heavy atom. The highest BCUT2D eigenvalue weighted by Crippen LogP contribution is 2.21. The fraction of sp³-hybridized carbons (Fsp3) is 0.667. The van der Waals surface area contributed by atoms with E-state index in [1.54, 1.807) is 0 Å². The van der Waals surface area contributed by atoms with Crippen molar-refractivity contribution in [1.29, 1.82) is 0 Å². The maximum Gasteiger partial charge on any atom is 0.0716 e. The van der Waals surface area contributed by atoms with Crippen LogP contribution in [0.1, 0.15) is 43.2 Å². The molecule has 21 heavy (non-hydrogen) atoms. The van der Waals surface area contributed by atoms with Crippen molar-refractivity contribution in [3.05, 3.63) is 35.4 Å². The van der Waals surface area contributed by atoms with Crippen molar-refractivity contribution >= 4 is 0 Å². The summed E-state index contributed by atoms with van der Waals surface area (Å²) in [6.45, 7) is 6.03. The molecule has 0 aliphatic heterocycles. The number of rotatable bonds is 10. The summed E-state index contributed by atoms with van der Waals surface area (Å²) in [6.07, 6.45) is 3.81. The van der Waals surface area contributed by atoms with Crippen molar-refractivity contribution < 1.29 is 4.74 Å². The molecule has 0 bridgehead atoms. The molecule has 118 valence electrons. The summed E-state index contributed by atoms with van der Waals surface area (Å²) in [4.78, 5) is 2.19. The van der Waals surface area contributed by atoms with Crippen molar-refractivity contribution in [3.8, 4) is 0 Å². The van der Waals surface area contributed by atoms with Gasteiger partial charge in [0.1, 0.15) is 0 Å². The number of nitrogens with one attached hydrogen (secondary N) is 1. The summed E-state index contributed by atoms with van der Waals surface area (Å²) >= 11 is 0. The molecule has 0 radical (unpaired) electrons. The first kappa shape index (κ1) is 16.5. The lowest BCUT2D eigenvalue weighted by atomic mass is 10.00. The Morgan fingerprint density at radius 2 is 1.95 bits per heavy atom. The van der Waals surface area contributed by atoms with Crippen LogP contribution in [0, 0.1) is 0 Å². The van der Waals surface area contributed by atoms with Crippen LogP contribution in [0.4, 0.5) is 0 Å². The van der Waals surface area contributed by atoms with E-state index in [0.29, 0.717) is 5.92 Å². The quantitative estimate of drug-likeness (QED) is 0.670. The van der Waals surface area contributed by atoms with Gasteiger partial charge in [0.25, 0.3) is 0 Å². The maximum atomic E-state index is 5.72. The third kappa shape index (κ3) is 6.60. The molecule has 1 unspecified atom stereocenters. The Morgan fingerprint density at radius 1 is 1.24 bits per heavy atom. The van der Waals surface area contributed by atoms with E-state index in [-0.39, 0.29) is 0 Å². The molecule has 0 amide bonds. The monoisotopic (exact) mass is 290 g/mol. The van der Waals surface area contributed by atoms with Crippen molar-refractivity contribution in [2.24, 2.45) is 0 Å². The Balaban J connectivity index is 1.65. The molecule has 2 rings (SSSR count). The van der Waals surface area contributed by atoms with E-state index in [1.165, 1.54) is 24.0 Å². The molecule has 1 aromatic carbocycles. The minimum Gasteiger partial charge on any atom is -0.377 e. The van der Waals surface area contributed by atoms with E-state index in [2.05, 4.69) is 55.5 Å². The van der Waals surface area contributed by atoms with Crippen LogP contribution in [0.3, 0.4) is 0 Å². The Hall–Kier alpha value is -0.900. The third-order valence-electron chi connectivity index (χ3n) is 4.00. The van der Waals surface area contributed by atoms with Gasteiger partial charge in [0.05, 0.1) is 6.61 Å². The molecule has 1 N–H and O–H groups in total. The second-order valence-electron chi connectivity index (χ2n) is 6.53. The average Bonchev–Trinajstić information content (AvgIpc) is 3.29. The molecule has 1 aromatic rings. The van der Waals surface area contributed by atoms with Crippen molar-refractivity contribution in [3.63, 3.8) is 0 Å². The first-order valence-electron chi connectivity index (χ1n) is 8.20. The van der Waals surface area contributed by atoms with Crippen molar-refractivity contribution in [2.75, 3.05) is 33.8 Å². The fourth-order valence-electron chi connectivity index (χ4n) is 2.36. The molecule has 1 fully saturated rings. The summed E-state index contributed by atoms with van der Waals surface area (Å²) in [5.74, 6) is 0.584. The van der Waals surface area contributed by atoms with Gasteiger partial charge in [-0.2, -0.15) is 0 Å². The van der Waals surface area contributed by atoms with E-state index in [1.807, 2.05) is 0 Å². The van der Waals surface area contributed by atoms with Crippen LogP contribution in [-0.2, 0) is 11.3 Å². The standard InChI is InChI=1S/C18H30N2O/c1-15(13-19-18-9-10-18)17-7-5-16(6-8-17)14-21-12-4-11-20(2)3/h5-8,15,18-19H,4,9-14H2,1-3H3. The van der Waals surface area contributed by atoms with Gasteiger partial charge in [-0.1, -0.05) is 31.2 Å². The molecule has 0 aromatic heterocycles. The van der Waals surface area contributed by atoms with E-state index in [0.717, 1.165) is 38.8 Å². The Labute approximate surface area is 129 Å². The normalized spacial score (nSPS) is 16.4. The minimum absolute atomic E-state index is 0.584. The van der Waals surface area contributed by atoms with Crippen molar-refractivity contribution in [2.45, 2.75) is 44.8 Å². The average molecular weight is 290 g/mol. The van der Waals surface area contributed by atoms with Gasteiger partial charge < -0.3 is 15.0 Å². The van der Waals surface area contributed by atoms with E-state index >= 15 is 0 Å². The number of benzene rings is 1. The molecule has 3 heteroatoms. The second kappa shape index (κ2) is 8.52. The zero-order chi connectivity index (χ0) is 15.1. The summed E-state index contributed by atoms with van der Waals surface area (Å²) in [6, 6.07) is 9.70. The van der Waals surface area contributed by atoms with E-state index in [9.17, 15) is 0 Å². The molecule has 1 aliphatic rings. The van der Waals surface area contributed by atoms with Crippen LogP contribution in [0.2, 0.25) is 0 Å². The smallest absolute Gasteiger partial charge is 0.0716 e. The lowest BCUT2D eigenvalue weighted by molar-refractivity contribution is 0.113. The fourth-order valence-corrected chi connectivity index (χ4v) is 2.36. The van der Waals surface area contributed by atoms with Gasteiger partial charge in [-0.05, 0) is 56.9 Å². The Bertz CT molecular complexity index is 398. The number of hydrogen-bond donors (Lipinski definition) is 1. The highest BCUT2D eigenvalue weighted by molar-refractivity contribution is 5.25. The maximum absolute atomic E-state index is 5.72. The van der Waals surface area contributed by atoms with Crippen LogP contribution in [-0.4, -0.2) is 44.7 Å². The van der Waals surface area contributed by atoms with Gasteiger partial charge in [0.2, 0.25) is 0 Å². The lowest BCUT2D eigenvalue weighted by Gasteiger charge is -2.13. The van der Waals surface area contributed by atoms with Gasteiger partial charge in [0.15, 0.2) is 0 Å². The van der Waals surface area contributed by atoms with E-state index in [4.69, 9.17) is 4.74 Å². The molecular formula is C18H30N2O. The SMILES string of the molecule is CC(CNC1CC1)c1ccc(COCCCN(C)C)cc1. The summed E-state index contributed by atoms with van der Waals surface area (Å²) in [7, 11) is 4.19. The molecule has 1 atom stereocenters. The topological polar surface area (TPSA) is 24.5 Å². The zero-order valence-electron chi connectivity index (χ0n) is 13.8. The van der Waals surface area contributed by atoms with Crippen molar-refractivity contribution in [1.82, 2.24) is 10.2 Å². The first-order chi connectivity index (χ1) is 10.1. The lowest BCUT2D eigenvalue weighted by Crippen LogP contribution is -2.22.